The molecule has 0 spiro atoms. The van der Waals surface area contributed by atoms with Crippen LogP contribution in [0.1, 0.15) is 49.0 Å². The number of amides is 1. The number of ether oxygens (including phenoxy) is 1. The summed E-state index contributed by atoms with van der Waals surface area (Å²) in [5.41, 5.74) is -0.349. The van der Waals surface area contributed by atoms with E-state index < -0.39 is 11.5 Å². The molecule has 148 valence electrons. The van der Waals surface area contributed by atoms with Crippen LogP contribution >= 0.6 is 0 Å². The van der Waals surface area contributed by atoms with E-state index >= 15 is 0 Å². The Morgan fingerprint density at radius 1 is 1.07 bits per heavy atom. The second kappa shape index (κ2) is 9.69. The summed E-state index contributed by atoms with van der Waals surface area (Å²) in [5, 5.41) is 12.4. The number of Topliss-reactive ketones (excluding diaryl/α,β-unsaturated/α-hetero) is 1. The maximum atomic E-state index is 12.4. The van der Waals surface area contributed by atoms with Gasteiger partial charge in [-0.1, -0.05) is 49.4 Å². The quantitative estimate of drug-likeness (QED) is 0.483. The zero-order valence-corrected chi connectivity index (χ0v) is 16.1. The summed E-state index contributed by atoms with van der Waals surface area (Å²) < 4.78 is 5.59. The molecule has 0 saturated heterocycles. The average molecular weight is 383 g/mol. The van der Waals surface area contributed by atoms with E-state index in [0.29, 0.717) is 23.3 Å². The van der Waals surface area contributed by atoms with Crippen molar-refractivity contribution >= 4 is 17.7 Å². The van der Waals surface area contributed by atoms with Gasteiger partial charge in [-0.25, -0.2) is 4.79 Å². The lowest BCUT2D eigenvalue weighted by molar-refractivity contribution is -0.148. The molecule has 2 aromatic rings. The van der Waals surface area contributed by atoms with E-state index in [1.807, 2.05) is 0 Å². The van der Waals surface area contributed by atoms with E-state index in [1.165, 1.54) is 6.92 Å². The maximum absolute atomic E-state index is 12.4. The first kappa shape index (κ1) is 21.2. The minimum atomic E-state index is -1.45. The van der Waals surface area contributed by atoms with Crippen molar-refractivity contribution < 1.29 is 24.2 Å². The molecular formula is C22H25NO5. The van der Waals surface area contributed by atoms with Crippen LogP contribution in [0.4, 0.5) is 0 Å². The lowest BCUT2D eigenvalue weighted by Crippen LogP contribution is -2.51. The van der Waals surface area contributed by atoms with Gasteiger partial charge in [-0.3, -0.25) is 9.59 Å². The number of carboxylic acids is 1. The van der Waals surface area contributed by atoms with Crippen LogP contribution in [-0.2, 0) is 15.1 Å². The number of hydrogen-bond acceptors (Lipinski definition) is 4. The van der Waals surface area contributed by atoms with E-state index in [1.54, 1.807) is 61.5 Å². The average Bonchev–Trinajstić information content (AvgIpc) is 2.70. The van der Waals surface area contributed by atoms with Gasteiger partial charge in [0.05, 0.1) is 6.61 Å². The van der Waals surface area contributed by atoms with Crippen LogP contribution in [0, 0.1) is 0 Å². The van der Waals surface area contributed by atoms with Gasteiger partial charge < -0.3 is 15.2 Å². The van der Waals surface area contributed by atoms with E-state index in [-0.39, 0.29) is 31.1 Å². The highest BCUT2D eigenvalue weighted by molar-refractivity contribution is 5.94. The summed E-state index contributed by atoms with van der Waals surface area (Å²) in [7, 11) is 0. The topological polar surface area (TPSA) is 92.7 Å². The van der Waals surface area contributed by atoms with Crippen molar-refractivity contribution in [2.45, 2.75) is 38.6 Å². The van der Waals surface area contributed by atoms with E-state index in [4.69, 9.17) is 4.74 Å². The highest BCUT2D eigenvalue weighted by atomic mass is 16.5. The highest BCUT2D eigenvalue weighted by Crippen LogP contribution is 2.25. The third-order valence-corrected chi connectivity index (χ3v) is 4.57. The third-order valence-electron chi connectivity index (χ3n) is 4.57. The van der Waals surface area contributed by atoms with Crippen LogP contribution in [0.2, 0.25) is 0 Å². The lowest BCUT2D eigenvalue weighted by Gasteiger charge is -2.30. The third kappa shape index (κ3) is 5.19. The molecule has 0 radical (unpaired) electrons. The number of ketones is 1. The van der Waals surface area contributed by atoms with Crippen LogP contribution in [-0.4, -0.2) is 29.4 Å². The van der Waals surface area contributed by atoms with Crippen LogP contribution in [0.25, 0.3) is 0 Å². The summed E-state index contributed by atoms with van der Waals surface area (Å²) in [4.78, 5) is 35.7. The fraction of sp³-hybridized carbons (Fsp3) is 0.318. The zero-order chi connectivity index (χ0) is 20.6. The molecule has 0 bridgehead atoms. The van der Waals surface area contributed by atoms with Crippen molar-refractivity contribution in [1.82, 2.24) is 5.32 Å². The largest absolute Gasteiger partial charge is 0.494 e. The Kier molecular flexibility index (Phi) is 7.32. The molecule has 2 rings (SSSR count). The molecule has 2 aromatic carbocycles. The van der Waals surface area contributed by atoms with Crippen LogP contribution in [0.15, 0.2) is 54.6 Å². The second-order valence-electron chi connectivity index (χ2n) is 6.51. The predicted molar refractivity (Wildman–Crippen MR) is 105 cm³/mol. The molecule has 0 aliphatic carbocycles. The zero-order valence-electron chi connectivity index (χ0n) is 16.1. The van der Waals surface area contributed by atoms with Crippen LogP contribution in [0.5, 0.6) is 5.75 Å². The monoisotopic (exact) mass is 383 g/mol. The molecule has 0 fully saturated rings. The minimum absolute atomic E-state index is 0.0460. The van der Waals surface area contributed by atoms with Crippen molar-refractivity contribution in [2.24, 2.45) is 0 Å². The number of carbonyl (C=O) groups excluding carboxylic acids is 2. The van der Waals surface area contributed by atoms with Crippen LogP contribution < -0.4 is 10.1 Å². The van der Waals surface area contributed by atoms with E-state index in [0.717, 1.165) is 0 Å². The molecule has 1 atom stereocenters. The number of hydrogen-bond donors (Lipinski definition) is 2. The minimum Gasteiger partial charge on any atom is -0.494 e. The molecule has 0 aromatic heterocycles. The summed E-state index contributed by atoms with van der Waals surface area (Å²) in [6.07, 6.45) is 0.783. The van der Waals surface area contributed by atoms with Crippen molar-refractivity contribution in [3.05, 3.63) is 65.7 Å². The highest BCUT2D eigenvalue weighted by Gasteiger charge is 2.39. The molecule has 0 aliphatic heterocycles. The van der Waals surface area contributed by atoms with Gasteiger partial charge in [0, 0.05) is 12.0 Å². The summed E-state index contributed by atoms with van der Waals surface area (Å²) in [6, 6.07) is 15.5. The Bertz CT molecular complexity index is 834. The predicted octanol–water partition coefficient (Wildman–Crippen LogP) is 3.55. The molecule has 0 saturated carbocycles. The number of rotatable bonds is 10. The van der Waals surface area contributed by atoms with Gasteiger partial charge in [-0.05, 0) is 37.5 Å². The second-order valence-corrected chi connectivity index (χ2v) is 6.51. The number of carboxylic acid groups (broad SMARTS) is 1. The number of benzene rings is 2. The summed E-state index contributed by atoms with van der Waals surface area (Å²) in [6.45, 7) is 3.50. The molecule has 6 nitrogen and oxygen atoms in total. The number of nitrogens with one attached hydrogen (secondary N) is 1. The molecule has 0 aliphatic rings. The van der Waals surface area contributed by atoms with Crippen molar-refractivity contribution in [1.29, 1.82) is 0 Å². The van der Waals surface area contributed by atoms with Gasteiger partial charge >= 0.3 is 5.97 Å². The summed E-state index contributed by atoms with van der Waals surface area (Å²) >= 11 is 0. The molecule has 6 heteroatoms. The number of carbonyl (C=O) groups is 3. The van der Waals surface area contributed by atoms with Crippen molar-refractivity contribution in [3.63, 3.8) is 0 Å². The molecule has 28 heavy (non-hydrogen) atoms. The van der Waals surface area contributed by atoms with Crippen molar-refractivity contribution in [3.8, 4) is 5.75 Å². The van der Waals surface area contributed by atoms with E-state index in [9.17, 15) is 19.5 Å². The normalized spacial score (nSPS) is 12.6. The summed E-state index contributed by atoms with van der Waals surface area (Å²) in [5.74, 6) is -0.929. The standard InChI is InChI=1S/C22H25NO5/c1-3-22(21(26)27,18-10-5-4-6-11-18)23-20(25)13-8-14-28-19-12-7-9-17(15-19)16(2)24/h4-7,9-12,15H,3,8,13-14H2,1-2H3,(H,23,25)(H,26,27). The van der Waals surface area contributed by atoms with Gasteiger partial charge in [0.1, 0.15) is 5.75 Å². The first-order valence-electron chi connectivity index (χ1n) is 9.23. The Labute approximate surface area is 164 Å². The Hall–Kier alpha value is -3.15. The molecular weight excluding hydrogens is 358 g/mol. The molecule has 0 heterocycles. The molecule has 1 amide bonds. The number of aliphatic carboxylic acids is 1. The van der Waals surface area contributed by atoms with Gasteiger partial charge in [-0.15, -0.1) is 0 Å². The van der Waals surface area contributed by atoms with Crippen molar-refractivity contribution in [2.75, 3.05) is 6.61 Å². The van der Waals surface area contributed by atoms with E-state index in [2.05, 4.69) is 5.32 Å². The Morgan fingerprint density at radius 2 is 1.79 bits per heavy atom. The lowest BCUT2D eigenvalue weighted by atomic mass is 9.87. The molecule has 1 unspecified atom stereocenters. The molecule has 2 N–H and O–H groups in total. The van der Waals surface area contributed by atoms with Gasteiger partial charge in [-0.2, -0.15) is 0 Å². The Balaban J connectivity index is 1.92. The fourth-order valence-electron chi connectivity index (χ4n) is 2.94. The smallest absolute Gasteiger partial charge is 0.334 e. The fourth-order valence-corrected chi connectivity index (χ4v) is 2.94. The first-order chi connectivity index (χ1) is 13.4. The SMILES string of the molecule is CCC(NC(=O)CCCOc1cccc(C(C)=O)c1)(C(=O)O)c1ccccc1. The Morgan fingerprint density at radius 3 is 2.39 bits per heavy atom. The van der Waals surface area contributed by atoms with Gasteiger partial charge in [0.2, 0.25) is 5.91 Å². The van der Waals surface area contributed by atoms with Crippen LogP contribution in [0.3, 0.4) is 0 Å². The van der Waals surface area contributed by atoms with Gasteiger partial charge in [0.15, 0.2) is 11.3 Å². The first-order valence-corrected chi connectivity index (χ1v) is 9.23. The maximum Gasteiger partial charge on any atom is 0.334 e. The van der Waals surface area contributed by atoms with Gasteiger partial charge in [0.25, 0.3) is 0 Å².